The quantitative estimate of drug-likeness (QED) is 0.575. The Labute approximate surface area is 145 Å². The standard InChI is InChI=1S/C14H15F2N5OS2/c15-13(16)24-10-4-2-1-3-9(10)18-11(22)7-23-14-20-19-12(21(14)17)8-5-6-8/h1-4,8,13H,5-7,17H2,(H,18,22). The molecule has 2 aromatic rings. The van der Waals surface area contributed by atoms with Crippen LogP contribution in [0.1, 0.15) is 24.6 Å². The van der Waals surface area contributed by atoms with Crippen molar-refractivity contribution in [2.24, 2.45) is 0 Å². The summed E-state index contributed by atoms with van der Waals surface area (Å²) < 4.78 is 26.5. The lowest BCUT2D eigenvalue weighted by Crippen LogP contribution is -2.17. The molecule has 1 saturated carbocycles. The summed E-state index contributed by atoms with van der Waals surface area (Å²) in [5.74, 6) is 4.21. The first-order valence-electron chi connectivity index (χ1n) is 7.21. The lowest BCUT2D eigenvalue weighted by atomic mass is 10.3. The number of hydrogen-bond acceptors (Lipinski definition) is 6. The molecule has 0 saturated heterocycles. The van der Waals surface area contributed by atoms with E-state index in [1.165, 1.54) is 10.7 Å². The zero-order valence-electron chi connectivity index (χ0n) is 12.5. The molecular weight excluding hydrogens is 356 g/mol. The summed E-state index contributed by atoms with van der Waals surface area (Å²) in [7, 11) is 0. The molecule has 0 aliphatic heterocycles. The molecule has 24 heavy (non-hydrogen) atoms. The molecule has 0 spiro atoms. The van der Waals surface area contributed by atoms with Gasteiger partial charge in [-0.25, -0.2) is 4.68 Å². The summed E-state index contributed by atoms with van der Waals surface area (Å²) in [5, 5.41) is 11.1. The topological polar surface area (TPSA) is 85.8 Å². The molecule has 0 unspecified atom stereocenters. The van der Waals surface area contributed by atoms with Gasteiger partial charge in [0.1, 0.15) is 0 Å². The molecule has 1 fully saturated rings. The molecular formula is C14H15F2N5OS2. The second-order valence-electron chi connectivity index (χ2n) is 5.20. The number of nitrogens with one attached hydrogen (secondary N) is 1. The number of nitrogens with two attached hydrogens (primary N) is 1. The highest BCUT2D eigenvalue weighted by Gasteiger charge is 2.30. The van der Waals surface area contributed by atoms with Gasteiger partial charge in [0.15, 0.2) is 5.82 Å². The number of halogens is 2. The van der Waals surface area contributed by atoms with Gasteiger partial charge in [0, 0.05) is 10.8 Å². The molecule has 1 aromatic carbocycles. The maximum absolute atomic E-state index is 12.5. The van der Waals surface area contributed by atoms with Gasteiger partial charge in [0.2, 0.25) is 11.1 Å². The smallest absolute Gasteiger partial charge is 0.288 e. The third kappa shape index (κ3) is 4.18. The van der Waals surface area contributed by atoms with E-state index >= 15 is 0 Å². The van der Waals surface area contributed by atoms with Gasteiger partial charge in [-0.15, -0.1) is 10.2 Å². The van der Waals surface area contributed by atoms with Crippen molar-refractivity contribution >= 4 is 35.1 Å². The molecule has 1 aromatic heterocycles. The van der Waals surface area contributed by atoms with E-state index in [2.05, 4.69) is 15.5 Å². The number of para-hydroxylation sites is 1. The average molecular weight is 371 g/mol. The van der Waals surface area contributed by atoms with Gasteiger partial charge >= 0.3 is 0 Å². The van der Waals surface area contributed by atoms with Gasteiger partial charge in [-0.1, -0.05) is 35.7 Å². The fraction of sp³-hybridized carbons (Fsp3) is 0.357. The number of nitrogen functional groups attached to an aromatic ring is 1. The van der Waals surface area contributed by atoms with Crippen LogP contribution in [0.4, 0.5) is 14.5 Å². The van der Waals surface area contributed by atoms with E-state index in [0.29, 0.717) is 33.4 Å². The lowest BCUT2D eigenvalue weighted by Gasteiger charge is -2.10. The fourth-order valence-corrected chi connectivity index (χ4v) is 3.35. The van der Waals surface area contributed by atoms with Gasteiger partial charge in [-0.2, -0.15) is 8.78 Å². The van der Waals surface area contributed by atoms with Crippen molar-refractivity contribution in [1.82, 2.24) is 14.9 Å². The SMILES string of the molecule is Nn1c(SCC(=O)Nc2ccccc2SC(F)F)nnc1C1CC1. The van der Waals surface area contributed by atoms with E-state index in [-0.39, 0.29) is 11.7 Å². The number of aromatic nitrogens is 3. The van der Waals surface area contributed by atoms with Gasteiger partial charge in [-0.3, -0.25) is 4.79 Å². The van der Waals surface area contributed by atoms with Gasteiger partial charge < -0.3 is 11.2 Å². The van der Waals surface area contributed by atoms with Crippen LogP contribution in [0.25, 0.3) is 0 Å². The summed E-state index contributed by atoms with van der Waals surface area (Å²) in [5.41, 5.74) is 0.362. The highest BCUT2D eigenvalue weighted by atomic mass is 32.2. The van der Waals surface area contributed by atoms with Gasteiger partial charge in [0.25, 0.3) is 5.76 Å². The number of hydrogen-bond donors (Lipinski definition) is 2. The molecule has 3 N–H and O–H groups in total. The highest BCUT2D eigenvalue weighted by Crippen LogP contribution is 2.39. The van der Waals surface area contributed by atoms with E-state index in [0.717, 1.165) is 30.4 Å². The maximum atomic E-state index is 12.5. The summed E-state index contributed by atoms with van der Waals surface area (Å²) in [6, 6.07) is 6.45. The molecule has 1 aliphatic rings. The van der Waals surface area contributed by atoms with Crippen LogP contribution in [-0.4, -0.2) is 32.3 Å². The van der Waals surface area contributed by atoms with Crippen LogP contribution in [0.3, 0.4) is 0 Å². The van der Waals surface area contributed by atoms with E-state index in [9.17, 15) is 13.6 Å². The Kier molecular flexibility index (Phi) is 5.24. The van der Waals surface area contributed by atoms with E-state index < -0.39 is 5.76 Å². The zero-order valence-corrected chi connectivity index (χ0v) is 14.1. The van der Waals surface area contributed by atoms with E-state index in [1.54, 1.807) is 18.2 Å². The number of thioether (sulfide) groups is 2. The van der Waals surface area contributed by atoms with Crippen LogP contribution in [0.2, 0.25) is 0 Å². The molecule has 0 radical (unpaired) electrons. The number of amides is 1. The number of benzene rings is 1. The largest absolute Gasteiger partial charge is 0.336 e. The van der Waals surface area contributed by atoms with Crippen molar-refractivity contribution < 1.29 is 13.6 Å². The molecule has 10 heteroatoms. The zero-order chi connectivity index (χ0) is 17.1. The van der Waals surface area contributed by atoms with Crippen molar-refractivity contribution in [3.63, 3.8) is 0 Å². The van der Waals surface area contributed by atoms with Crippen molar-refractivity contribution in [2.75, 3.05) is 16.9 Å². The molecule has 3 rings (SSSR count). The van der Waals surface area contributed by atoms with Crippen molar-refractivity contribution in [1.29, 1.82) is 0 Å². The molecule has 0 bridgehead atoms. The Morgan fingerprint density at radius 2 is 2.12 bits per heavy atom. The molecule has 1 amide bonds. The highest BCUT2D eigenvalue weighted by molar-refractivity contribution is 8.00. The number of nitrogens with zero attached hydrogens (tertiary/aromatic N) is 3. The van der Waals surface area contributed by atoms with Crippen molar-refractivity contribution in [3.8, 4) is 0 Å². The second-order valence-corrected chi connectivity index (χ2v) is 7.17. The minimum Gasteiger partial charge on any atom is -0.336 e. The Hall–Kier alpha value is -1.81. The first kappa shape index (κ1) is 17.0. The monoisotopic (exact) mass is 371 g/mol. The minimum atomic E-state index is -2.55. The van der Waals surface area contributed by atoms with Crippen LogP contribution < -0.4 is 11.2 Å². The summed E-state index contributed by atoms with van der Waals surface area (Å²) in [6.45, 7) is 0. The maximum Gasteiger partial charge on any atom is 0.288 e. The summed E-state index contributed by atoms with van der Waals surface area (Å²) in [6.07, 6.45) is 2.11. The Morgan fingerprint density at radius 3 is 2.83 bits per heavy atom. The molecule has 0 atom stereocenters. The Bertz CT molecular complexity index is 736. The Balaban J connectivity index is 1.58. The molecule has 128 valence electrons. The van der Waals surface area contributed by atoms with E-state index in [4.69, 9.17) is 5.84 Å². The molecule has 6 nitrogen and oxygen atoms in total. The van der Waals surface area contributed by atoms with Gasteiger partial charge in [0.05, 0.1) is 11.4 Å². The Morgan fingerprint density at radius 1 is 1.38 bits per heavy atom. The summed E-state index contributed by atoms with van der Waals surface area (Å²) in [4.78, 5) is 12.4. The van der Waals surface area contributed by atoms with Crippen LogP contribution in [0.15, 0.2) is 34.3 Å². The number of carbonyl (C=O) groups excluding carboxylic acids is 1. The predicted molar refractivity (Wildman–Crippen MR) is 89.8 cm³/mol. The third-order valence-electron chi connectivity index (χ3n) is 3.34. The number of carbonyl (C=O) groups is 1. The number of rotatable bonds is 7. The van der Waals surface area contributed by atoms with Crippen LogP contribution in [0.5, 0.6) is 0 Å². The third-order valence-corrected chi connectivity index (χ3v) is 5.07. The first-order valence-corrected chi connectivity index (χ1v) is 9.08. The normalized spacial score (nSPS) is 14.1. The molecule has 1 aliphatic carbocycles. The van der Waals surface area contributed by atoms with Gasteiger partial charge in [-0.05, 0) is 25.0 Å². The number of alkyl halides is 2. The van der Waals surface area contributed by atoms with E-state index in [1.807, 2.05) is 0 Å². The fourth-order valence-electron chi connectivity index (χ4n) is 2.09. The predicted octanol–water partition coefficient (Wildman–Crippen LogP) is 2.91. The minimum absolute atomic E-state index is 0.0632. The van der Waals surface area contributed by atoms with Crippen LogP contribution in [-0.2, 0) is 4.79 Å². The van der Waals surface area contributed by atoms with Crippen molar-refractivity contribution in [2.45, 2.75) is 34.6 Å². The van der Waals surface area contributed by atoms with Crippen LogP contribution >= 0.6 is 23.5 Å². The average Bonchev–Trinajstić information content (AvgIpc) is 3.31. The summed E-state index contributed by atoms with van der Waals surface area (Å²) >= 11 is 1.55. The van der Waals surface area contributed by atoms with Crippen LogP contribution in [0, 0.1) is 0 Å². The second kappa shape index (κ2) is 7.39. The number of anilines is 1. The first-order chi connectivity index (χ1) is 11.5. The lowest BCUT2D eigenvalue weighted by molar-refractivity contribution is -0.113. The van der Waals surface area contributed by atoms with Crippen molar-refractivity contribution in [3.05, 3.63) is 30.1 Å². The molecule has 1 heterocycles.